The Balaban J connectivity index is 1.61. The highest BCUT2D eigenvalue weighted by molar-refractivity contribution is 9.10. The van der Waals surface area contributed by atoms with Gasteiger partial charge in [0.2, 0.25) is 6.79 Å². The standard InChI is InChI=1S/C22H16Br2N2O4/c23-17-6-2-15(3-7-17)22(28,16-4-8-18(24)9-5-16)21(27)26-25-12-14-1-10-19-20(11-14)30-13-29-19/h1-12,28H,13H2,(H,26,27)/b25-12-. The molecule has 0 spiro atoms. The first kappa shape index (κ1) is 20.6. The molecule has 4 rings (SSSR count). The van der Waals surface area contributed by atoms with E-state index in [4.69, 9.17) is 9.47 Å². The van der Waals surface area contributed by atoms with Gasteiger partial charge in [0.1, 0.15) is 0 Å². The highest BCUT2D eigenvalue weighted by Gasteiger charge is 2.40. The van der Waals surface area contributed by atoms with Crippen LogP contribution < -0.4 is 14.9 Å². The number of hydrazone groups is 1. The zero-order valence-corrected chi connectivity index (χ0v) is 18.7. The fourth-order valence-corrected chi connectivity index (χ4v) is 3.58. The molecule has 1 aliphatic heterocycles. The quantitative estimate of drug-likeness (QED) is 0.379. The number of benzene rings is 3. The van der Waals surface area contributed by atoms with Gasteiger partial charge in [-0.05, 0) is 59.2 Å². The molecule has 6 nitrogen and oxygen atoms in total. The van der Waals surface area contributed by atoms with E-state index in [1.165, 1.54) is 6.21 Å². The Hall–Kier alpha value is -2.68. The summed E-state index contributed by atoms with van der Waals surface area (Å²) in [6.07, 6.45) is 1.48. The van der Waals surface area contributed by atoms with Crippen LogP contribution in [0.2, 0.25) is 0 Å². The summed E-state index contributed by atoms with van der Waals surface area (Å²) < 4.78 is 12.3. The predicted octanol–water partition coefficient (Wildman–Crippen LogP) is 4.33. The van der Waals surface area contributed by atoms with Crippen LogP contribution in [-0.2, 0) is 10.4 Å². The Bertz CT molecular complexity index is 1050. The molecule has 2 N–H and O–H groups in total. The van der Waals surface area contributed by atoms with Gasteiger partial charge in [0.25, 0.3) is 5.91 Å². The molecule has 0 bridgehead atoms. The van der Waals surface area contributed by atoms with Gasteiger partial charge >= 0.3 is 0 Å². The van der Waals surface area contributed by atoms with Crippen LogP contribution in [0.4, 0.5) is 0 Å². The Morgan fingerprint density at radius 2 is 1.50 bits per heavy atom. The van der Waals surface area contributed by atoms with Gasteiger partial charge < -0.3 is 14.6 Å². The smallest absolute Gasteiger partial charge is 0.281 e. The van der Waals surface area contributed by atoms with E-state index in [0.29, 0.717) is 22.6 Å². The molecule has 3 aromatic rings. The van der Waals surface area contributed by atoms with Gasteiger partial charge in [0.05, 0.1) is 6.21 Å². The van der Waals surface area contributed by atoms with Crippen LogP contribution >= 0.6 is 31.9 Å². The first-order valence-corrected chi connectivity index (χ1v) is 10.5. The number of nitrogens with zero attached hydrogens (tertiary/aromatic N) is 1. The molecule has 0 saturated heterocycles. The second-order valence-corrected chi connectivity index (χ2v) is 8.37. The van der Waals surface area contributed by atoms with Gasteiger partial charge in [-0.3, -0.25) is 4.79 Å². The maximum absolute atomic E-state index is 13.1. The van der Waals surface area contributed by atoms with Gasteiger partial charge in [0.15, 0.2) is 17.1 Å². The first-order valence-electron chi connectivity index (χ1n) is 8.94. The molecule has 0 radical (unpaired) electrons. The van der Waals surface area contributed by atoms with E-state index in [-0.39, 0.29) is 6.79 Å². The van der Waals surface area contributed by atoms with Crippen molar-refractivity contribution < 1.29 is 19.4 Å². The molecule has 0 unspecified atom stereocenters. The zero-order chi connectivity index (χ0) is 21.1. The van der Waals surface area contributed by atoms with E-state index in [1.54, 1.807) is 66.7 Å². The summed E-state index contributed by atoms with van der Waals surface area (Å²) in [7, 11) is 0. The van der Waals surface area contributed by atoms with Crippen molar-refractivity contribution >= 4 is 44.0 Å². The number of amides is 1. The van der Waals surface area contributed by atoms with Crippen molar-refractivity contribution in [1.29, 1.82) is 0 Å². The molecule has 8 heteroatoms. The van der Waals surface area contributed by atoms with Crippen molar-refractivity contribution in [3.05, 3.63) is 92.4 Å². The van der Waals surface area contributed by atoms with E-state index in [9.17, 15) is 9.90 Å². The summed E-state index contributed by atoms with van der Waals surface area (Å²) in [6.45, 7) is 0.181. The van der Waals surface area contributed by atoms with Crippen LogP contribution in [0.5, 0.6) is 11.5 Å². The van der Waals surface area contributed by atoms with Crippen molar-refractivity contribution in [1.82, 2.24) is 5.43 Å². The van der Waals surface area contributed by atoms with Crippen molar-refractivity contribution in [2.75, 3.05) is 6.79 Å². The topological polar surface area (TPSA) is 80.2 Å². The third-order valence-corrected chi connectivity index (χ3v) is 5.69. The highest BCUT2D eigenvalue weighted by Crippen LogP contribution is 2.33. The summed E-state index contributed by atoms with van der Waals surface area (Å²) >= 11 is 6.75. The molecule has 0 aliphatic carbocycles. The molecular formula is C22H16Br2N2O4. The Kier molecular flexibility index (Phi) is 5.90. The van der Waals surface area contributed by atoms with Crippen LogP contribution in [0.3, 0.4) is 0 Å². The monoisotopic (exact) mass is 530 g/mol. The lowest BCUT2D eigenvalue weighted by Gasteiger charge is -2.27. The molecule has 1 aliphatic rings. The van der Waals surface area contributed by atoms with E-state index in [2.05, 4.69) is 42.4 Å². The maximum atomic E-state index is 13.1. The summed E-state index contributed by atoms with van der Waals surface area (Å²) in [6, 6.07) is 19.1. The number of carbonyl (C=O) groups excluding carboxylic acids is 1. The van der Waals surface area contributed by atoms with E-state index in [1.807, 2.05) is 0 Å². The lowest BCUT2D eigenvalue weighted by Crippen LogP contribution is -2.43. The van der Waals surface area contributed by atoms with Gasteiger partial charge in [-0.1, -0.05) is 56.1 Å². The third kappa shape index (κ3) is 4.12. The number of hydrogen-bond acceptors (Lipinski definition) is 5. The number of nitrogens with one attached hydrogen (secondary N) is 1. The Morgan fingerprint density at radius 3 is 2.10 bits per heavy atom. The van der Waals surface area contributed by atoms with Crippen LogP contribution in [0.15, 0.2) is 80.8 Å². The number of fused-ring (bicyclic) bond motifs is 1. The number of hydrogen-bond donors (Lipinski definition) is 2. The zero-order valence-electron chi connectivity index (χ0n) is 15.5. The molecule has 152 valence electrons. The van der Waals surface area contributed by atoms with Crippen LogP contribution in [0, 0.1) is 0 Å². The predicted molar refractivity (Wildman–Crippen MR) is 120 cm³/mol. The molecule has 0 atom stereocenters. The summed E-state index contributed by atoms with van der Waals surface area (Å²) in [5.41, 5.74) is 2.09. The minimum Gasteiger partial charge on any atom is -0.454 e. The van der Waals surface area contributed by atoms with Gasteiger partial charge in [0, 0.05) is 8.95 Å². The lowest BCUT2D eigenvalue weighted by molar-refractivity contribution is -0.136. The van der Waals surface area contributed by atoms with Crippen molar-refractivity contribution in [3.63, 3.8) is 0 Å². The van der Waals surface area contributed by atoms with Crippen LogP contribution in [-0.4, -0.2) is 24.0 Å². The van der Waals surface area contributed by atoms with E-state index < -0.39 is 11.5 Å². The minimum absolute atomic E-state index is 0.181. The fourth-order valence-electron chi connectivity index (χ4n) is 3.05. The first-order chi connectivity index (χ1) is 14.5. The summed E-state index contributed by atoms with van der Waals surface area (Å²) in [5, 5.41) is 15.5. The van der Waals surface area contributed by atoms with Gasteiger partial charge in [-0.25, -0.2) is 5.43 Å². The molecule has 3 aromatic carbocycles. The third-order valence-electron chi connectivity index (χ3n) is 4.63. The lowest BCUT2D eigenvalue weighted by atomic mass is 9.85. The Morgan fingerprint density at radius 1 is 0.933 bits per heavy atom. The molecule has 1 amide bonds. The molecule has 0 aromatic heterocycles. The number of carbonyl (C=O) groups is 1. The number of aliphatic hydroxyl groups is 1. The van der Waals surface area contributed by atoms with Gasteiger partial charge in [-0.15, -0.1) is 0 Å². The molecule has 30 heavy (non-hydrogen) atoms. The number of ether oxygens (including phenoxy) is 2. The van der Waals surface area contributed by atoms with Crippen molar-refractivity contribution in [3.8, 4) is 11.5 Å². The molecular weight excluding hydrogens is 516 g/mol. The molecule has 0 fully saturated rings. The second-order valence-electron chi connectivity index (χ2n) is 6.54. The minimum atomic E-state index is -1.92. The van der Waals surface area contributed by atoms with Gasteiger partial charge in [-0.2, -0.15) is 5.10 Å². The van der Waals surface area contributed by atoms with Crippen LogP contribution in [0.1, 0.15) is 16.7 Å². The summed E-state index contributed by atoms with van der Waals surface area (Å²) in [5.74, 6) is 0.603. The van der Waals surface area contributed by atoms with Crippen molar-refractivity contribution in [2.24, 2.45) is 5.10 Å². The average Bonchev–Trinajstić information content (AvgIpc) is 3.22. The Labute approximate surface area is 189 Å². The van der Waals surface area contributed by atoms with Crippen LogP contribution in [0.25, 0.3) is 0 Å². The van der Waals surface area contributed by atoms with E-state index >= 15 is 0 Å². The summed E-state index contributed by atoms with van der Waals surface area (Å²) in [4.78, 5) is 13.1. The fraction of sp³-hybridized carbons (Fsp3) is 0.0909. The SMILES string of the molecule is O=C(N/N=C\c1ccc2c(c1)OCO2)C(O)(c1ccc(Br)cc1)c1ccc(Br)cc1. The second kappa shape index (κ2) is 8.59. The number of halogens is 2. The van der Waals surface area contributed by atoms with Crippen molar-refractivity contribution in [2.45, 2.75) is 5.60 Å². The average molecular weight is 532 g/mol. The highest BCUT2D eigenvalue weighted by atomic mass is 79.9. The maximum Gasteiger partial charge on any atom is 0.281 e. The number of rotatable bonds is 5. The normalized spacial score (nSPS) is 12.9. The molecule has 1 heterocycles. The largest absolute Gasteiger partial charge is 0.454 e. The molecule has 0 saturated carbocycles. The van der Waals surface area contributed by atoms with E-state index in [0.717, 1.165) is 14.5 Å².